The molecule has 0 aliphatic heterocycles. The molecule has 0 atom stereocenters. The summed E-state index contributed by atoms with van der Waals surface area (Å²) in [5.41, 5.74) is 4.72. The van der Waals surface area contributed by atoms with Gasteiger partial charge in [-0.2, -0.15) is 0 Å². The summed E-state index contributed by atoms with van der Waals surface area (Å²) in [6.07, 6.45) is 2.43. The van der Waals surface area contributed by atoms with Crippen LogP contribution in [0.15, 0.2) is 18.2 Å². The molecule has 0 radical (unpaired) electrons. The third kappa shape index (κ3) is 2.07. The molecule has 20 heavy (non-hydrogen) atoms. The number of fused-ring (bicyclic) bond motifs is 1. The molecular weight excluding hydrogens is 293 g/mol. The highest BCUT2D eigenvalue weighted by Gasteiger charge is 2.24. The van der Waals surface area contributed by atoms with Crippen molar-refractivity contribution in [3.8, 4) is 5.69 Å². The number of ketones is 1. The van der Waals surface area contributed by atoms with Crippen molar-refractivity contribution in [2.45, 2.75) is 33.1 Å². The maximum atomic E-state index is 12.0. The van der Waals surface area contributed by atoms with Gasteiger partial charge < -0.3 is 4.57 Å². The molecule has 0 fully saturated rings. The molecule has 1 heterocycles. The van der Waals surface area contributed by atoms with Gasteiger partial charge in [0.05, 0.1) is 10.7 Å². The molecule has 0 spiro atoms. The summed E-state index contributed by atoms with van der Waals surface area (Å²) >= 11 is 12.6. The average Bonchev–Trinajstić information content (AvgIpc) is 2.72. The van der Waals surface area contributed by atoms with Gasteiger partial charge in [-0.25, -0.2) is 0 Å². The molecule has 0 saturated carbocycles. The Morgan fingerprint density at radius 2 is 1.80 bits per heavy atom. The summed E-state index contributed by atoms with van der Waals surface area (Å²) < 4.78 is 2.07. The number of aryl methyl sites for hydroxylation is 2. The second-order valence-corrected chi connectivity index (χ2v) is 6.13. The first-order chi connectivity index (χ1) is 9.49. The summed E-state index contributed by atoms with van der Waals surface area (Å²) in [4.78, 5) is 12.0. The van der Waals surface area contributed by atoms with Crippen molar-refractivity contribution in [2.24, 2.45) is 0 Å². The predicted molar refractivity (Wildman–Crippen MR) is 82.5 cm³/mol. The zero-order valence-electron chi connectivity index (χ0n) is 11.5. The molecule has 0 unspecified atom stereocenters. The molecule has 4 heteroatoms. The second kappa shape index (κ2) is 4.94. The summed E-state index contributed by atoms with van der Waals surface area (Å²) in [6, 6.07) is 5.71. The quantitative estimate of drug-likeness (QED) is 0.733. The Kier molecular flexibility index (Phi) is 3.39. The van der Waals surface area contributed by atoms with E-state index in [1.165, 1.54) is 0 Å². The zero-order chi connectivity index (χ0) is 14.4. The van der Waals surface area contributed by atoms with Crippen molar-refractivity contribution in [1.82, 2.24) is 4.57 Å². The number of Topliss-reactive ketones (excluding diaryl/α,β-unsaturated/α-hetero) is 1. The summed E-state index contributed by atoms with van der Waals surface area (Å²) in [5, 5.41) is 1.35. The van der Waals surface area contributed by atoms with E-state index in [0.29, 0.717) is 16.5 Å². The van der Waals surface area contributed by atoms with Crippen molar-refractivity contribution >= 4 is 29.0 Å². The number of rotatable bonds is 1. The van der Waals surface area contributed by atoms with Crippen LogP contribution < -0.4 is 0 Å². The number of hydrogen-bond donors (Lipinski definition) is 0. The van der Waals surface area contributed by atoms with Gasteiger partial charge in [-0.05, 0) is 50.5 Å². The Labute approximate surface area is 128 Å². The van der Waals surface area contributed by atoms with Gasteiger partial charge in [0.1, 0.15) is 0 Å². The van der Waals surface area contributed by atoms with E-state index < -0.39 is 0 Å². The van der Waals surface area contributed by atoms with Crippen LogP contribution in [-0.2, 0) is 6.42 Å². The lowest BCUT2D eigenvalue weighted by Crippen LogP contribution is -2.13. The van der Waals surface area contributed by atoms with Crippen LogP contribution in [0.25, 0.3) is 5.69 Å². The smallest absolute Gasteiger partial charge is 0.164 e. The van der Waals surface area contributed by atoms with Gasteiger partial charge in [-0.3, -0.25) is 4.79 Å². The molecule has 3 rings (SSSR count). The van der Waals surface area contributed by atoms with Crippen LogP contribution in [0.4, 0.5) is 0 Å². The zero-order valence-corrected chi connectivity index (χ0v) is 13.0. The maximum Gasteiger partial charge on any atom is 0.164 e. The number of benzene rings is 1. The number of hydrogen-bond acceptors (Lipinski definition) is 1. The lowest BCUT2D eigenvalue weighted by Gasteiger charge is -2.18. The minimum Gasteiger partial charge on any atom is -0.316 e. The number of carbonyl (C=O) groups excluding carboxylic acids is 1. The van der Waals surface area contributed by atoms with E-state index in [4.69, 9.17) is 23.2 Å². The first kappa shape index (κ1) is 13.7. The molecule has 1 aliphatic rings. The first-order valence-electron chi connectivity index (χ1n) is 6.69. The van der Waals surface area contributed by atoms with Gasteiger partial charge in [0.2, 0.25) is 0 Å². The van der Waals surface area contributed by atoms with Crippen LogP contribution in [-0.4, -0.2) is 10.4 Å². The Balaban J connectivity index is 2.26. The second-order valence-electron chi connectivity index (χ2n) is 5.31. The van der Waals surface area contributed by atoms with Gasteiger partial charge in [0, 0.05) is 28.4 Å². The highest BCUT2D eigenvalue weighted by molar-refractivity contribution is 6.35. The molecule has 2 aromatic rings. The Morgan fingerprint density at radius 1 is 1.05 bits per heavy atom. The topological polar surface area (TPSA) is 22.0 Å². The van der Waals surface area contributed by atoms with Crippen LogP contribution in [0.3, 0.4) is 0 Å². The van der Waals surface area contributed by atoms with Crippen molar-refractivity contribution in [1.29, 1.82) is 0 Å². The first-order valence-corrected chi connectivity index (χ1v) is 7.45. The van der Waals surface area contributed by atoms with Crippen LogP contribution in [0, 0.1) is 13.8 Å². The fourth-order valence-electron chi connectivity index (χ4n) is 2.87. The van der Waals surface area contributed by atoms with Gasteiger partial charge in [0.25, 0.3) is 0 Å². The molecule has 1 aromatic heterocycles. The number of carbonyl (C=O) groups is 1. The third-order valence-electron chi connectivity index (χ3n) is 3.87. The average molecular weight is 308 g/mol. The monoisotopic (exact) mass is 307 g/mol. The minimum absolute atomic E-state index is 0.224. The van der Waals surface area contributed by atoms with Crippen LogP contribution in [0.5, 0.6) is 0 Å². The normalized spacial score (nSPS) is 14.5. The van der Waals surface area contributed by atoms with E-state index in [0.717, 1.165) is 41.0 Å². The Hall–Kier alpha value is -1.25. The number of halogens is 2. The van der Waals surface area contributed by atoms with E-state index in [2.05, 4.69) is 4.57 Å². The van der Waals surface area contributed by atoms with Crippen molar-refractivity contribution in [3.05, 3.63) is 50.8 Å². The molecule has 0 amide bonds. The molecular formula is C16H15Cl2NO. The fourth-order valence-corrected chi connectivity index (χ4v) is 3.33. The Morgan fingerprint density at radius 3 is 2.55 bits per heavy atom. The number of aromatic nitrogens is 1. The molecule has 0 saturated heterocycles. The van der Waals surface area contributed by atoms with Crippen LogP contribution in [0.1, 0.15) is 40.2 Å². The highest BCUT2D eigenvalue weighted by Crippen LogP contribution is 2.33. The molecule has 1 aromatic carbocycles. The third-order valence-corrected chi connectivity index (χ3v) is 4.58. The van der Waals surface area contributed by atoms with Gasteiger partial charge in [0.15, 0.2) is 5.78 Å². The van der Waals surface area contributed by atoms with E-state index in [-0.39, 0.29) is 5.78 Å². The van der Waals surface area contributed by atoms with E-state index in [1.54, 1.807) is 0 Å². The molecule has 1 aliphatic carbocycles. The lowest BCUT2D eigenvalue weighted by atomic mass is 9.96. The molecule has 0 bridgehead atoms. The highest BCUT2D eigenvalue weighted by atomic mass is 35.5. The van der Waals surface area contributed by atoms with Crippen molar-refractivity contribution in [3.63, 3.8) is 0 Å². The SMILES string of the molecule is Cc1cc(Cl)c(-n2c(C)cc3c2CCCC3=O)cc1Cl. The predicted octanol–water partition coefficient (Wildman–Crippen LogP) is 4.92. The van der Waals surface area contributed by atoms with E-state index in [1.807, 2.05) is 32.0 Å². The molecule has 0 N–H and O–H groups in total. The number of nitrogens with zero attached hydrogens (tertiary/aromatic N) is 1. The maximum absolute atomic E-state index is 12.0. The van der Waals surface area contributed by atoms with Gasteiger partial charge in [-0.1, -0.05) is 23.2 Å². The van der Waals surface area contributed by atoms with Crippen molar-refractivity contribution < 1.29 is 4.79 Å². The Bertz CT molecular complexity index is 716. The summed E-state index contributed by atoms with van der Waals surface area (Å²) in [7, 11) is 0. The van der Waals surface area contributed by atoms with Crippen LogP contribution in [0.2, 0.25) is 10.0 Å². The molecule has 104 valence electrons. The van der Waals surface area contributed by atoms with Crippen molar-refractivity contribution in [2.75, 3.05) is 0 Å². The summed E-state index contributed by atoms with van der Waals surface area (Å²) in [6.45, 7) is 3.93. The minimum atomic E-state index is 0.224. The van der Waals surface area contributed by atoms with E-state index in [9.17, 15) is 4.79 Å². The fraction of sp³-hybridized carbons (Fsp3) is 0.312. The molecule has 2 nitrogen and oxygen atoms in total. The van der Waals surface area contributed by atoms with E-state index >= 15 is 0 Å². The standard InChI is InChI=1S/C16H15Cl2NO/c1-9-6-13(18)15(8-12(9)17)19-10(2)7-11-14(19)4-3-5-16(11)20/h6-8H,3-5H2,1-2H3. The lowest BCUT2D eigenvalue weighted by molar-refractivity contribution is 0.0972. The van der Waals surface area contributed by atoms with Gasteiger partial charge >= 0.3 is 0 Å². The summed E-state index contributed by atoms with van der Waals surface area (Å²) in [5.74, 6) is 0.224. The largest absolute Gasteiger partial charge is 0.316 e. The van der Waals surface area contributed by atoms with Gasteiger partial charge in [-0.15, -0.1) is 0 Å². The van der Waals surface area contributed by atoms with Crippen LogP contribution >= 0.6 is 23.2 Å².